The molecule has 0 bridgehead atoms. The molecule has 0 N–H and O–H groups in total. The Labute approximate surface area is 172 Å². The van der Waals surface area contributed by atoms with Crippen molar-refractivity contribution in [1.29, 1.82) is 0 Å². The van der Waals surface area contributed by atoms with Gasteiger partial charge in [0.05, 0.1) is 11.5 Å². The smallest absolute Gasteiger partial charge is 0.273 e. The summed E-state index contributed by atoms with van der Waals surface area (Å²) in [6.07, 6.45) is 0. The lowest BCUT2D eigenvalue weighted by Crippen LogP contribution is -2.36. The molecule has 0 aliphatic carbocycles. The number of nitro benzene ring substituents is 1. The Bertz CT molecular complexity index is 1050. The number of rotatable bonds is 6. The van der Waals surface area contributed by atoms with Gasteiger partial charge in [-0.25, -0.2) is 0 Å². The quantitative estimate of drug-likeness (QED) is 0.429. The predicted molar refractivity (Wildman–Crippen MR) is 108 cm³/mol. The van der Waals surface area contributed by atoms with Gasteiger partial charge in [0.25, 0.3) is 11.6 Å². The molecule has 29 heavy (non-hydrogen) atoms. The van der Waals surface area contributed by atoms with Crippen LogP contribution in [0.1, 0.15) is 35.7 Å². The van der Waals surface area contributed by atoms with Crippen LogP contribution in [0.25, 0.3) is 11.5 Å². The molecule has 9 heteroatoms. The topological polar surface area (TPSA) is 102 Å². The molecule has 1 aromatic heterocycles. The fourth-order valence-corrected chi connectivity index (χ4v) is 2.89. The summed E-state index contributed by atoms with van der Waals surface area (Å²) in [6, 6.07) is 11.2. The average molecular weight is 415 g/mol. The molecule has 0 atom stereocenters. The monoisotopic (exact) mass is 414 g/mol. The van der Waals surface area contributed by atoms with E-state index >= 15 is 0 Å². The minimum Gasteiger partial charge on any atom is -0.419 e. The van der Waals surface area contributed by atoms with Crippen LogP contribution in [-0.4, -0.2) is 32.0 Å². The second-order valence-electron chi connectivity index (χ2n) is 6.79. The van der Waals surface area contributed by atoms with Crippen LogP contribution in [0.15, 0.2) is 46.9 Å². The number of hydrogen-bond acceptors (Lipinski definition) is 6. The average Bonchev–Trinajstić information content (AvgIpc) is 3.15. The van der Waals surface area contributed by atoms with Crippen LogP contribution in [0.3, 0.4) is 0 Å². The van der Waals surface area contributed by atoms with Gasteiger partial charge in [-0.1, -0.05) is 17.7 Å². The normalized spacial score (nSPS) is 10.9. The Morgan fingerprint density at radius 3 is 2.52 bits per heavy atom. The van der Waals surface area contributed by atoms with E-state index in [1.54, 1.807) is 43.3 Å². The first kappa shape index (κ1) is 20.5. The van der Waals surface area contributed by atoms with E-state index in [4.69, 9.17) is 16.0 Å². The molecule has 0 aliphatic rings. The van der Waals surface area contributed by atoms with Crippen molar-refractivity contribution in [2.24, 2.45) is 0 Å². The molecule has 0 radical (unpaired) electrons. The third-order valence-electron chi connectivity index (χ3n) is 4.40. The van der Waals surface area contributed by atoms with Crippen molar-refractivity contribution in [3.05, 3.63) is 74.6 Å². The molecule has 0 saturated carbocycles. The van der Waals surface area contributed by atoms with E-state index in [0.29, 0.717) is 22.0 Å². The Balaban J connectivity index is 1.84. The number of nitro groups is 1. The molecule has 0 spiro atoms. The van der Waals surface area contributed by atoms with Crippen molar-refractivity contribution in [2.45, 2.75) is 33.4 Å². The number of amides is 1. The van der Waals surface area contributed by atoms with Gasteiger partial charge in [0.1, 0.15) is 0 Å². The predicted octanol–water partition coefficient (Wildman–Crippen LogP) is 4.66. The maximum absolute atomic E-state index is 13.0. The summed E-state index contributed by atoms with van der Waals surface area (Å²) in [5, 5.41) is 19.8. The number of aromatic nitrogens is 2. The minimum atomic E-state index is -0.498. The summed E-state index contributed by atoms with van der Waals surface area (Å²) in [6.45, 7) is 5.40. The van der Waals surface area contributed by atoms with Gasteiger partial charge in [0.2, 0.25) is 11.8 Å². The Kier molecular flexibility index (Phi) is 5.93. The minimum absolute atomic E-state index is 0.0821. The third-order valence-corrected chi connectivity index (χ3v) is 4.65. The Morgan fingerprint density at radius 2 is 1.90 bits per heavy atom. The second kappa shape index (κ2) is 8.40. The van der Waals surface area contributed by atoms with E-state index in [9.17, 15) is 14.9 Å². The molecule has 8 nitrogen and oxygen atoms in total. The lowest BCUT2D eigenvalue weighted by atomic mass is 10.1. The molecule has 3 aromatic rings. The number of halogens is 1. The Hall–Kier alpha value is -3.26. The van der Waals surface area contributed by atoms with Crippen molar-refractivity contribution in [2.75, 3.05) is 0 Å². The number of carbonyl (C=O) groups is 1. The summed E-state index contributed by atoms with van der Waals surface area (Å²) in [7, 11) is 0. The van der Waals surface area contributed by atoms with Crippen LogP contribution >= 0.6 is 11.6 Å². The largest absolute Gasteiger partial charge is 0.419 e. The van der Waals surface area contributed by atoms with Crippen LogP contribution < -0.4 is 0 Å². The van der Waals surface area contributed by atoms with Gasteiger partial charge in [0.15, 0.2) is 0 Å². The first-order chi connectivity index (χ1) is 13.8. The molecule has 1 amide bonds. The lowest BCUT2D eigenvalue weighted by Gasteiger charge is -2.25. The van der Waals surface area contributed by atoms with Crippen LogP contribution in [-0.2, 0) is 6.54 Å². The number of nitrogens with zero attached hydrogens (tertiary/aromatic N) is 4. The van der Waals surface area contributed by atoms with Crippen molar-refractivity contribution >= 4 is 23.2 Å². The number of benzene rings is 2. The van der Waals surface area contributed by atoms with Crippen LogP contribution in [0.5, 0.6) is 0 Å². The van der Waals surface area contributed by atoms with E-state index in [1.165, 1.54) is 11.0 Å². The molecular weight excluding hydrogens is 396 g/mol. The molecule has 3 rings (SSSR count). The number of aryl methyl sites for hydroxylation is 1. The Morgan fingerprint density at radius 1 is 1.21 bits per heavy atom. The van der Waals surface area contributed by atoms with Crippen molar-refractivity contribution in [1.82, 2.24) is 15.1 Å². The van der Waals surface area contributed by atoms with Crippen molar-refractivity contribution in [3.8, 4) is 11.5 Å². The molecule has 150 valence electrons. The van der Waals surface area contributed by atoms with Crippen molar-refractivity contribution < 1.29 is 14.1 Å². The molecule has 0 saturated heterocycles. The second-order valence-corrected chi connectivity index (χ2v) is 7.23. The molecule has 1 heterocycles. The van der Waals surface area contributed by atoms with Gasteiger partial charge in [-0.05, 0) is 51.1 Å². The van der Waals surface area contributed by atoms with Gasteiger partial charge in [0, 0.05) is 33.8 Å². The van der Waals surface area contributed by atoms with E-state index in [-0.39, 0.29) is 35.6 Å². The van der Waals surface area contributed by atoms with Gasteiger partial charge >= 0.3 is 0 Å². The van der Waals surface area contributed by atoms with Crippen LogP contribution in [0.2, 0.25) is 5.02 Å². The SMILES string of the molecule is Cc1ccc(C(=O)N(Cc2nnc(-c3ccc(Cl)cc3)o2)C(C)C)cc1[N+](=O)[O-]. The molecular formula is C20H19ClN4O4. The van der Waals surface area contributed by atoms with E-state index in [1.807, 2.05) is 13.8 Å². The maximum atomic E-state index is 13.0. The zero-order valence-corrected chi connectivity index (χ0v) is 16.9. The highest BCUT2D eigenvalue weighted by atomic mass is 35.5. The standard InChI is InChI=1S/C20H19ClN4O4/c1-12(2)24(20(26)15-5-4-13(3)17(10-15)25(27)28)11-18-22-23-19(29-18)14-6-8-16(21)9-7-14/h4-10,12H,11H2,1-3H3. The number of hydrogen-bond donors (Lipinski definition) is 0. The van der Waals surface area contributed by atoms with Crippen LogP contribution in [0.4, 0.5) is 5.69 Å². The van der Waals surface area contributed by atoms with E-state index in [2.05, 4.69) is 10.2 Å². The molecule has 0 unspecified atom stereocenters. The van der Waals surface area contributed by atoms with Crippen molar-refractivity contribution in [3.63, 3.8) is 0 Å². The van der Waals surface area contributed by atoms with E-state index < -0.39 is 4.92 Å². The fourth-order valence-electron chi connectivity index (χ4n) is 2.77. The van der Waals surface area contributed by atoms with Crippen LogP contribution in [0, 0.1) is 17.0 Å². The highest BCUT2D eigenvalue weighted by molar-refractivity contribution is 6.30. The summed E-state index contributed by atoms with van der Waals surface area (Å²) in [4.78, 5) is 25.2. The molecule has 2 aromatic carbocycles. The maximum Gasteiger partial charge on any atom is 0.273 e. The van der Waals surface area contributed by atoms with Gasteiger partial charge < -0.3 is 9.32 Å². The summed E-state index contributed by atoms with van der Waals surface area (Å²) >= 11 is 5.89. The van der Waals surface area contributed by atoms with Gasteiger partial charge in [-0.2, -0.15) is 0 Å². The fraction of sp³-hybridized carbons (Fsp3) is 0.250. The zero-order valence-electron chi connectivity index (χ0n) is 16.1. The zero-order chi connectivity index (χ0) is 21.1. The van der Waals surface area contributed by atoms with E-state index in [0.717, 1.165) is 0 Å². The van der Waals surface area contributed by atoms with Gasteiger partial charge in [-0.3, -0.25) is 14.9 Å². The molecule has 0 aliphatic heterocycles. The third kappa shape index (κ3) is 4.60. The first-order valence-electron chi connectivity index (χ1n) is 8.90. The highest BCUT2D eigenvalue weighted by Gasteiger charge is 2.24. The summed E-state index contributed by atoms with van der Waals surface area (Å²) in [5.41, 5.74) is 1.34. The van der Waals surface area contributed by atoms with Gasteiger partial charge in [-0.15, -0.1) is 10.2 Å². The molecule has 0 fully saturated rings. The summed E-state index contributed by atoms with van der Waals surface area (Å²) < 4.78 is 5.69. The summed E-state index contributed by atoms with van der Waals surface area (Å²) in [5.74, 6) is 0.228. The highest BCUT2D eigenvalue weighted by Crippen LogP contribution is 2.23. The lowest BCUT2D eigenvalue weighted by molar-refractivity contribution is -0.385. The first-order valence-corrected chi connectivity index (χ1v) is 9.28. The number of carbonyl (C=O) groups excluding carboxylic acids is 1.